The maximum absolute atomic E-state index is 11.3. The summed E-state index contributed by atoms with van der Waals surface area (Å²) >= 11 is 0. The van der Waals surface area contributed by atoms with E-state index in [0.29, 0.717) is 37.6 Å². The van der Waals surface area contributed by atoms with Crippen LogP contribution in [0.3, 0.4) is 0 Å². The quantitative estimate of drug-likeness (QED) is 0.454. The molecule has 0 aliphatic carbocycles. The number of nitrogens with zero attached hydrogens (tertiary/aromatic N) is 1. The van der Waals surface area contributed by atoms with Crippen LogP contribution in [0, 0.1) is 12.3 Å². The molecule has 0 aliphatic heterocycles. The van der Waals surface area contributed by atoms with Crippen molar-refractivity contribution in [2.24, 2.45) is 0 Å². The first-order valence-electron chi connectivity index (χ1n) is 8.63. The summed E-state index contributed by atoms with van der Waals surface area (Å²) in [4.78, 5) is 13.5. The summed E-state index contributed by atoms with van der Waals surface area (Å²) < 4.78 is 16.3. The van der Waals surface area contributed by atoms with Gasteiger partial charge in [-0.15, -0.1) is 6.42 Å². The van der Waals surface area contributed by atoms with Gasteiger partial charge in [0.15, 0.2) is 0 Å². The second kappa shape index (κ2) is 8.93. The number of hydrogen-bond donors (Lipinski definition) is 0. The fourth-order valence-corrected chi connectivity index (χ4v) is 2.80. The van der Waals surface area contributed by atoms with Gasteiger partial charge in [-0.1, -0.05) is 18.1 Å². The van der Waals surface area contributed by atoms with Gasteiger partial charge in [-0.25, -0.2) is 4.79 Å². The molecule has 27 heavy (non-hydrogen) atoms. The highest BCUT2D eigenvalue weighted by atomic mass is 16.5. The van der Waals surface area contributed by atoms with Gasteiger partial charge >= 0.3 is 5.63 Å². The standard InChI is InChI=1S/C22H21NO4/c1-3-11-23(16-17-5-4-6-19(14-17)25-2)12-13-26-20-9-7-18-8-10-22(24)27-21(18)15-20/h1,4-10,14-15H,11-13,16H2,2H3. The number of rotatable bonds is 8. The predicted molar refractivity (Wildman–Crippen MR) is 105 cm³/mol. The van der Waals surface area contributed by atoms with E-state index in [1.54, 1.807) is 19.2 Å². The SMILES string of the molecule is C#CCN(CCOc1ccc2ccc(=O)oc2c1)Cc1cccc(OC)c1. The Bertz CT molecular complexity index is 1000. The van der Waals surface area contributed by atoms with Crippen LogP contribution in [-0.2, 0) is 6.54 Å². The third kappa shape index (κ3) is 5.13. The molecule has 5 heteroatoms. The van der Waals surface area contributed by atoms with Gasteiger partial charge in [-0.05, 0) is 35.9 Å². The van der Waals surface area contributed by atoms with Gasteiger partial charge in [0.05, 0.1) is 13.7 Å². The van der Waals surface area contributed by atoms with Crippen molar-refractivity contribution < 1.29 is 13.9 Å². The molecule has 0 saturated heterocycles. The molecule has 3 aromatic rings. The summed E-state index contributed by atoms with van der Waals surface area (Å²) in [5, 5.41) is 0.855. The Balaban J connectivity index is 1.61. The minimum absolute atomic E-state index is 0.377. The highest BCUT2D eigenvalue weighted by Gasteiger charge is 2.07. The van der Waals surface area contributed by atoms with Crippen LogP contribution in [0.4, 0.5) is 0 Å². The maximum atomic E-state index is 11.3. The summed E-state index contributed by atoms with van der Waals surface area (Å²) in [6, 6.07) is 16.5. The molecule has 1 aromatic heterocycles. The van der Waals surface area contributed by atoms with Crippen molar-refractivity contribution in [2.45, 2.75) is 6.54 Å². The van der Waals surface area contributed by atoms with Crippen molar-refractivity contribution in [3.05, 3.63) is 70.6 Å². The van der Waals surface area contributed by atoms with Crippen LogP contribution in [0.2, 0.25) is 0 Å². The van der Waals surface area contributed by atoms with Crippen molar-refractivity contribution in [3.8, 4) is 23.8 Å². The lowest BCUT2D eigenvalue weighted by Gasteiger charge is -2.20. The number of hydrogen-bond acceptors (Lipinski definition) is 5. The van der Waals surface area contributed by atoms with Crippen molar-refractivity contribution >= 4 is 11.0 Å². The first kappa shape index (κ1) is 18.6. The first-order valence-corrected chi connectivity index (χ1v) is 8.63. The third-order valence-corrected chi connectivity index (χ3v) is 4.13. The van der Waals surface area contributed by atoms with E-state index in [9.17, 15) is 4.79 Å². The third-order valence-electron chi connectivity index (χ3n) is 4.13. The highest BCUT2D eigenvalue weighted by molar-refractivity contribution is 5.77. The van der Waals surface area contributed by atoms with Crippen LogP contribution in [0.5, 0.6) is 11.5 Å². The number of ether oxygens (including phenoxy) is 2. The molecule has 0 amide bonds. The minimum atomic E-state index is -0.377. The topological polar surface area (TPSA) is 51.9 Å². The van der Waals surface area contributed by atoms with Crippen LogP contribution in [0.25, 0.3) is 11.0 Å². The molecule has 0 fully saturated rings. The largest absolute Gasteiger partial charge is 0.497 e. The van der Waals surface area contributed by atoms with E-state index in [1.165, 1.54) is 6.07 Å². The Morgan fingerprint density at radius 1 is 1.11 bits per heavy atom. The summed E-state index contributed by atoms with van der Waals surface area (Å²) in [7, 11) is 1.65. The van der Waals surface area contributed by atoms with E-state index in [-0.39, 0.29) is 5.63 Å². The predicted octanol–water partition coefficient (Wildman–Crippen LogP) is 3.32. The van der Waals surface area contributed by atoms with Crippen molar-refractivity contribution in [1.29, 1.82) is 0 Å². The van der Waals surface area contributed by atoms with Crippen molar-refractivity contribution in [3.63, 3.8) is 0 Å². The van der Waals surface area contributed by atoms with Gasteiger partial charge in [-0.3, -0.25) is 4.90 Å². The van der Waals surface area contributed by atoms with E-state index < -0.39 is 0 Å². The lowest BCUT2D eigenvalue weighted by molar-refractivity contribution is 0.219. The zero-order valence-corrected chi connectivity index (χ0v) is 15.2. The smallest absolute Gasteiger partial charge is 0.336 e. The number of terminal acetylenes is 1. The van der Waals surface area contributed by atoms with Gasteiger partial charge in [0, 0.05) is 30.6 Å². The number of methoxy groups -OCH3 is 1. The second-order valence-corrected chi connectivity index (χ2v) is 6.07. The van der Waals surface area contributed by atoms with Crippen molar-refractivity contribution in [2.75, 3.05) is 26.8 Å². The maximum Gasteiger partial charge on any atom is 0.336 e. The van der Waals surface area contributed by atoms with Gasteiger partial charge < -0.3 is 13.9 Å². The Morgan fingerprint density at radius 2 is 1.96 bits per heavy atom. The molecule has 138 valence electrons. The normalized spacial score (nSPS) is 10.7. The fourth-order valence-electron chi connectivity index (χ4n) is 2.80. The molecular weight excluding hydrogens is 342 g/mol. The zero-order valence-electron chi connectivity index (χ0n) is 15.2. The molecule has 0 spiro atoms. The highest BCUT2D eigenvalue weighted by Crippen LogP contribution is 2.19. The fraction of sp³-hybridized carbons (Fsp3) is 0.227. The monoisotopic (exact) mass is 363 g/mol. The molecule has 2 aromatic carbocycles. The van der Waals surface area contributed by atoms with Crippen molar-refractivity contribution in [1.82, 2.24) is 4.90 Å². The molecule has 0 radical (unpaired) electrons. The van der Waals surface area contributed by atoms with E-state index in [4.69, 9.17) is 20.3 Å². The molecule has 0 bridgehead atoms. The lowest BCUT2D eigenvalue weighted by Crippen LogP contribution is -2.28. The van der Waals surface area contributed by atoms with Crippen LogP contribution < -0.4 is 15.1 Å². The van der Waals surface area contributed by atoms with E-state index in [0.717, 1.165) is 16.7 Å². The molecule has 0 unspecified atom stereocenters. The molecule has 0 N–H and O–H groups in total. The van der Waals surface area contributed by atoms with E-state index >= 15 is 0 Å². The molecule has 0 saturated carbocycles. The Kier molecular flexibility index (Phi) is 6.14. The molecule has 0 atom stereocenters. The van der Waals surface area contributed by atoms with Gasteiger partial charge in [0.25, 0.3) is 0 Å². The Morgan fingerprint density at radius 3 is 2.78 bits per heavy atom. The molecular formula is C22H21NO4. The van der Waals surface area contributed by atoms with Gasteiger partial charge in [-0.2, -0.15) is 0 Å². The molecule has 5 nitrogen and oxygen atoms in total. The summed E-state index contributed by atoms with van der Waals surface area (Å²) in [5.74, 6) is 4.16. The summed E-state index contributed by atoms with van der Waals surface area (Å²) in [5.41, 5.74) is 1.26. The van der Waals surface area contributed by atoms with E-state index in [2.05, 4.69) is 10.8 Å². The van der Waals surface area contributed by atoms with Crippen LogP contribution >= 0.6 is 0 Å². The first-order chi connectivity index (χ1) is 13.2. The van der Waals surface area contributed by atoms with Crippen LogP contribution in [0.15, 0.2) is 63.8 Å². The minimum Gasteiger partial charge on any atom is -0.497 e. The van der Waals surface area contributed by atoms with Gasteiger partial charge in [0.2, 0.25) is 0 Å². The average molecular weight is 363 g/mol. The van der Waals surface area contributed by atoms with Gasteiger partial charge in [0.1, 0.15) is 23.7 Å². The average Bonchev–Trinajstić information content (AvgIpc) is 2.68. The molecule has 0 aliphatic rings. The second-order valence-electron chi connectivity index (χ2n) is 6.07. The summed E-state index contributed by atoms with van der Waals surface area (Å²) in [6.07, 6.45) is 5.50. The van der Waals surface area contributed by atoms with E-state index in [1.807, 2.05) is 36.4 Å². The number of benzene rings is 2. The zero-order chi connectivity index (χ0) is 19.1. The number of fused-ring (bicyclic) bond motifs is 1. The molecule has 3 rings (SSSR count). The lowest BCUT2D eigenvalue weighted by atomic mass is 10.2. The van der Waals surface area contributed by atoms with Crippen LogP contribution in [-0.4, -0.2) is 31.7 Å². The van der Waals surface area contributed by atoms with Crippen LogP contribution in [0.1, 0.15) is 5.56 Å². The Labute approximate surface area is 158 Å². The molecule has 1 heterocycles. The Hall–Kier alpha value is -3.23. The summed E-state index contributed by atoms with van der Waals surface area (Å²) in [6.45, 7) is 2.36.